The molecule has 0 heterocycles. The highest BCUT2D eigenvalue weighted by molar-refractivity contribution is 5.98. The van der Waals surface area contributed by atoms with E-state index in [1.165, 1.54) is 0 Å². The van der Waals surface area contributed by atoms with E-state index >= 15 is 0 Å². The topological polar surface area (TPSA) is 17.1 Å². The van der Waals surface area contributed by atoms with Gasteiger partial charge in [0.2, 0.25) is 5.78 Å². The molecular formula is C8H4F4O. The summed E-state index contributed by atoms with van der Waals surface area (Å²) in [6.07, 6.45) is -3.40. The molecule has 5 heteroatoms. The number of carbonyl (C=O) groups excluding carboxylic acids is 1. The van der Waals surface area contributed by atoms with E-state index in [1.807, 2.05) is 0 Å². The highest BCUT2D eigenvalue weighted by atomic mass is 19.3. The predicted octanol–water partition coefficient (Wildman–Crippen LogP) is 2.41. The number of halogens is 4. The molecule has 1 nitrogen and oxygen atoms in total. The van der Waals surface area contributed by atoms with Gasteiger partial charge in [-0.15, -0.1) is 0 Å². The Morgan fingerprint density at radius 1 is 1.15 bits per heavy atom. The molecule has 0 spiro atoms. The summed E-state index contributed by atoms with van der Waals surface area (Å²) in [6.45, 7) is 0. The molecule has 0 aromatic heterocycles. The lowest BCUT2D eigenvalue weighted by molar-refractivity contribution is 0.0669. The van der Waals surface area contributed by atoms with Gasteiger partial charge < -0.3 is 0 Å². The molecule has 0 saturated heterocycles. The molecule has 13 heavy (non-hydrogen) atoms. The van der Waals surface area contributed by atoms with Crippen molar-refractivity contribution in [2.24, 2.45) is 0 Å². The van der Waals surface area contributed by atoms with E-state index < -0.39 is 29.4 Å². The first-order chi connectivity index (χ1) is 6.04. The number of alkyl halides is 2. The van der Waals surface area contributed by atoms with Gasteiger partial charge in [-0.25, -0.2) is 17.6 Å². The lowest BCUT2D eigenvalue weighted by Gasteiger charge is -2.01. The number of ketones is 1. The van der Waals surface area contributed by atoms with Crippen LogP contribution in [-0.2, 0) is 0 Å². The summed E-state index contributed by atoms with van der Waals surface area (Å²) in [6, 6.07) is 2.49. The Balaban J connectivity index is 3.20. The SMILES string of the molecule is O=C(c1c(F)cccc1F)C(F)F. The molecule has 1 aromatic carbocycles. The van der Waals surface area contributed by atoms with E-state index in [-0.39, 0.29) is 0 Å². The van der Waals surface area contributed by atoms with Crippen LogP contribution in [-0.4, -0.2) is 12.2 Å². The minimum Gasteiger partial charge on any atom is -0.287 e. The van der Waals surface area contributed by atoms with Crippen LogP contribution < -0.4 is 0 Å². The Kier molecular flexibility index (Phi) is 2.65. The minimum absolute atomic E-state index is 0.749. The van der Waals surface area contributed by atoms with Gasteiger partial charge >= 0.3 is 6.43 Å². The highest BCUT2D eigenvalue weighted by Crippen LogP contribution is 2.15. The number of carbonyl (C=O) groups is 1. The van der Waals surface area contributed by atoms with Gasteiger partial charge in [-0.1, -0.05) is 6.07 Å². The van der Waals surface area contributed by atoms with E-state index in [4.69, 9.17) is 0 Å². The van der Waals surface area contributed by atoms with Crippen LogP contribution in [0, 0.1) is 11.6 Å². The summed E-state index contributed by atoms with van der Waals surface area (Å²) in [7, 11) is 0. The predicted molar refractivity (Wildman–Crippen MR) is 36.7 cm³/mol. The molecule has 0 atom stereocenters. The number of hydrogen-bond acceptors (Lipinski definition) is 1. The van der Waals surface area contributed by atoms with Crippen molar-refractivity contribution in [2.75, 3.05) is 0 Å². The molecule has 0 bridgehead atoms. The second kappa shape index (κ2) is 3.55. The summed E-state index contributed by atoms with van der Waals surface area (Å²) >= 11 is 0. The molecule has 70 valence electrons. The van der Waals surface area contributed by atoms with E-state index in [0.717, 1.165) is 18.2 Å². The van der Waals surface area contributed by atoms with Gasteiger partial charge in [-0.3, -0.25) is 4.79 Å². The van der Waals surface area contributed by atoms with Gasteiger partial charge in [0, 0.05) is 0 Å². The van der Waals surface area contributed by atoms with Crippen LogP contribution in [0.2, 0.25) is 0 Å². The molecule has 1 aromatic rings. The quantitative estimate of drug-likeness (QED) is 0.519. The van der Waals surface area contributed by atoms with Crippen molar-refractivity contribution in [2.45, 2.75) is 6.43 Å². The highest BCUT2D eigenvalue weighted by Gasteiger charge is 2.24. The van der Waals surface area contributed by atoms with E-state index in [0.29, 0.717) is 0 Å². The largest absolute Gasteiger partial charge is 0.300 e. The molecule has 0 aliphatic carbocycles. The van der Waals surface area contributed by atoms with Gasteiger partial charge in [0.25, 0.3) is 0 Å². The Morgan fingerprint density at radius 2 is 1.62 bits per heavy atom. The smallest absolute Gasteiger partial charge is 0.287 e. The van der Waals surface area contributed by atoms with Crippen molar-refractivity contribution in [3.63, 3.8) is 0 Å². The minimum atomic E-state index is -3.40. The molecule has 1 rings (SSSR count). The first-order valence-corrected chi connectivity index (χ1v) is 3.30. The van der Waals surface area contributed by atoms with Gasteiger partial charge in [-0.2, -0.15) is 0 Å². The van der Waals surface area contributed by atoms with Crippen molar-refractivity contribution in [3.8, 4) is 0 Å². The first-order valence-electron chi connectivity index (χ1n) is 3.30. The van der Waals surface area contributed by atoms with Gasteiger partial charge in [0.05, 0.1) is 5.56 Å². The first kappa shape index (κ1) is 9.70. The molecule has 0 unspecified atom stereocenters. The van der Waals surface area contributed by atoms with Crippen LogP contribution in [0.1, 0.15) is 10.4 Å². The second-order valence-electron chi connectivity index (χ2n) is 2.26. The third kappa shape index (κ3) is 1.85. The summed E-state index contributed by atoms with van der Waals surface area (Å²) in [5.74, 6) is -4.38. The van der Waals surface area contributed by atoms with Gasteiger partial charge in [0.1, 0.15) is 11.6 Å². The zero-order valence-corrected chi connectivity index (χ0v) is 6.23. The van der Waals surface area contributed by atoms with Crippen molar-refractivity contribution >= 4 is 5.78 Å². The second-order valence-corrected chi connectivity index (χ2v) is 2.26. The molecule has 0 radical (unpaired) electrons. The lowest BCUT2D eigenvalue weighted by atomic mass is 10.1. The maximum atomic E-state index is 12.7. The Labute approximate surface area is 71.0 Å². The fraction of sp³-hybridized carbons (Fsp3) is 0.125. The number of Topliss-reactive ketones (excluding diaryl/α,β-unsaturated/α-hetero) is 1. The van der Waals surface area contributed by atoms with E-state index in [9.17, 15) is 22.4 Å². The van der Waals surface area contributed by atoms with E-state index in [1.54, 1.807) is 0 Å². The zero-order chi connectivity index (χ0) is 10.0. The molecule has 0 amide bonds. The fourth-order valence-corrected chi connectivity index (χ4v) is 0.842. The summed E-state index contributed by atoms with van der Waals surface area (Å²) in [5, 5.41) is 0. The lowest BCUT2D eigenvalue weighted by Crippen LogP contribution is -2.14. The third-order valence-corrected chi connectivity index (χ3v) is 1.41. The van der Waals surface area contributed by atoms with Crippen molar-refractivity contribution in [3.05, 3.63) is 35.4 Å². The molecule has 0 N–H and O–H groups in total. The third-order valence-electron chi connectivity index (χ3n) is 1.41. The van der Waals surface area contributed by atoms with Crippen LogP contribution in [0.4, 0.5) is 17.6 Å². The van der Waals surface area contributed by atoms with E-state index in [2.05, 4.69) is 0 Å². The average Bonchev–Trinajstić information content (AvgIpc) is 2.03. The number of rotatable bonds is 2. The summed E-state index contributed by atoms with van der Waals surface area (Å²) < 4.78 is 48.9. The Hall–Kier alpha value is -1.39. The van der Waals surface area contributed by atoms with Crippen LogP contribution in [0.25, 0.3) is 0 Å². The summed E-state index contributed by atoms with van der Waals surface area (Å²) in [4.78, 5) is 10.6. The van der Waals surface area contributed by atoms with Crippen LogP contribution in [0.15, 0.2) is 18.2 Å². The Bertz CT molecular complexity index is 315. The maximum Gasteiger partial charge on any atom is 0.300 e. The van der Waals surface area contributed by atoms with Crippen molar-refractivity contribution in [1.29, 1.82) is 0 Å². The van der Waals surface area contributed by atoms with Gasteiger partial charge in [-0.05, 0) is 12.1 Å². The Morgan fingerprint density at radius 3 is 2.00 bits per heavy atom. The monoisotopic (exact) mass is 192 g/mol. The standard InChI is InChI=1S/C8H4F4O/c9-4-2-1-3-5(10)6(4)7(13)8(11)12/h1-3,8H. The van der Waals surface area contributed by atoms with Crippen molar-refractivity contribution in [1.82, 2.24) is 0 Å². The van der Waals surface area contributed by atoms with Gasteiger partial charge in [0.15, 0.2) is 0 Å². The average molecular weight is 192 g/mol. The normalized spacial score (nSPS) is 10.5. The van der Waals surface area contributed by atoms with Crippen LogP contribution in [0.5, 0.6) is 0 Å². The fourth-order valence-electron chi connectivity index (χ4n) is 0.842. The molecule has 0 saturated carbocycles. The number of benzene rings is 1. The molecular weight excluding hydrogens is 188 g/mol. The van der Waals surface area contributed by atoms with Crippen LogP contribution in [0.3, 0.4) is 0 Å². The molecule has 0 aliphatic heterocycles. The maximum absolute atomic E-state index is 12.7. The summed E-state index contributed by atoms with van der Waals surface area (Å²) in [5.41, 5.74) is -1.18. The van der Waals surface area contributed by atoms with Crippen molar-refractivity contribution < 1.29 is 22.4 Å². The molecule has 0 aliphatic rings. The van der Waals surface area contributed by atoms with Crippen LogP contribution >= 0.6 is 0 Å². The zero-order valence-electron chi connectivity index (χ0n) is 6.23. The number of hydrogen-bond donors (Lipinski definition) is 0. The molecule has 0 fully saturated rings.